The summed E-state index contributed by atoms with van der Waals surface area (Å²) in [6.45, 7) is 4.31. The molecule has 116 valence electrons. The smallest absolute Gasteiger partial charge is 0.309 e. The van der Waals surface area contributed by atoms with Gasteiger partial charge in [0.1, 0.15) is 5.82 Å². The van der Waals surface area contributed by atoms with E-state index in [0.29, 0.717) is 44.8 Å². The molecule has 4 nitrogen and oxygen atoms in total. The molecule has 21 heavy (non-hydrogen) atoms. The Morgan fingerprint density at radius 1 is 1.43 bits per heavy atom. The zero-order valence-electron chi connectivity index (χ0n) is 12.7. The van der Waals surface area contributed by atoms with Crippen LogP contribution < -0.4 is 10.2 Å². The van der Waals surface area contributed by atoms with Crippen molar-refractivity contribution in [2.45, 2.75) is 26.3 Å². The first-order valence-corrected chi connectivity index (χ1v) is 7.50. The first-order chi connectivity index (χ1) is 10.2. The van der Waals surface area contributed by atoms with Gasteiger partial charge in [-0.1, -0.05) is 6.07 Å². The van der Waals surface area contributed by atoms with Crippen molar-refractivity contribution in [3.05, 3.63) is 29.6 Å². The van der Waals surface area contributed by atoms with Crippen molar-refractivity contribution in [3.8, 4) is 0 Å². The van der Waals surface area contributed by atoms with E-state index in [1.807, 2.05) is 24.9 Å². The number of ether oxygens (including phenoxy) is 1. The number of nitrogens with zero attached hydrogens (tertiary/aromatic N) is 1. The van der Waals surface area contributed by atoms with E-state index in [1.54, 1.807) is 6.07 Å². The van der Waals surface area contributed by atoms with Gasteiger partial charge < -0.3 is 15.0 Å². The van der Waals surface area contributed by atoms with E-state index in [-0.39, 0.29) is 17.7 Å². The van der Waals surface area contributed by atoms with Crippen molar-refractivity contribution in [1.29, 1.82) is 0 Å². The van der Waals surface area contributed by atoms with Crippen LogP contribution in [0.25, 0.3) is 0 Å². The minimum absolute atomic E-state index is 0.0512. The average Bonchev–Trinajstić information content (AvgIpc) is 2.50. The molecule has 0 saturated carbocycles. The van der Waals surface area contributed by atoms with Gasteiger partial charge >= 0.3 is 5.97 Å². The lowest BCUT2D eigenvalue weighted by atomic mass is 9.96. The molecule has 5 heteroatoms. The van der Waals surface area contributed by atoms with Crippen LogP contribution in [0.1, 0.15) is 25.3 Å². The van der Waals surface area contributed by atoms with Crippen LogP contribution in [0.3, 0.4) is 0 Å². The fraction of sp³-hybridized carbons (Fsp3) is 0.562. The third kappa shape index (κ3) is 3.94. The molecule has 0 aliphatic carbocycles. The van der Waals surface area contributed by atoms with Crippen LogP contribution in [0.5, 0.6) is 0 Å². The van der Waals surface area contributed by atoms with Gasteiger partial charge in [-0.2, -0.15) is 0 Å². The summed E-state index contributed by atoms with van der Waals surface area (Å²) < 4.78 is 19.1. The monoisotopic (exact) mass is 294 g/mol. The van der Waals surface area contributed by atoms with Crippen molar-refractivity contribution in [2.24, 2.45) is 5.92 Å². The molecule has 1 heterocycles. The zero-order chi connectivity index (χ0) is 15.2. The number of rotatable bonds is 5. The Hall–Kier alpha value is -1.62. The van der Waals surface area contributed by atoms with E-state index < -0.39 is 0 Å². The van der Waals surface area contributed by atoms with Crippen LogP contribution in [-0.2, 0) is 16.1 Å². The Morgan fingerprint density at radius 3 is 2.76 bits per heavy atom. The molecule has 0 atom stereocenters. The number of nitrogens with one attached hydrogen (secondary N) is 1. The lowest BCUT2D eigenvalue weighted by Crippen LogP contribution is -2.37. The normalized spacial score (nSPS) is 16.0. The van der Waals surface area contributed by atoms with Gasteiger partial charge in [-0.25, -0.2) is 4.39 Å². The highest BCUT2D eigenvalue weighted by molar-refractivity contribution is 5.73. The number of piperidine rings is 1. The fourth-order valence-corrected chi connectivity index (χ4v) is 2.73. The third-order valence-electron chi connectivity index (χ3n) is 3.85. The van der Waals surface area contributed by atoms with Gasteiger partial charge in [0, 0.05) is 19.6 Å². The van der Waals surface area contributed by atoms with Crippen LogP contribution in [0, 0.1) is 11.7 Å². The first-order valence-electron chi connectivity index (χ1n) is 7.50. The summed E-state index contributed by atoms with van der Waals surface area (Å²) in [6.07, 6.45) is 1.43. The minimum Gasteiger partial charge on any atom is -0.466 e. The summed E-state index contributed by atoms with van der Waals surface area (Å²) in [5, 5.41) is 3.07. The maximum absolute atomic E-state index is 14.0. The zero-order valence-corrected chi connectivity index (χ0v) is 12.7. The van der Waals surface area contributed by atoms with Gasteiger partial charge in [-0.3, -0.25) is 4.79 Å². The lowest BCUT2D eigenvalue weighted by molar-refractivity contribution is -0.148. The number of hydrogen-bond donors (Lipinski definition) is 1. The minimum atomic E-state index is -0.204. The number of carbonyl (C=O) groups is 1. The van der Waals surface area contributed by atoms with E-state index in [1.165, 1.54) is 6.07 Å². The fourth-order valence-electron chi connectivity index (χ4n) is 2.73. The summed E-state index contributed by atoms with van der Waals surface area (Å²) in [6, 6.07) is 5.19. The van der Waals surface area contributed by atoms with E-state index in [0.717, 1.165) is 5.56 Å². The van der Waals surface area contributed by atoms with Gasteiger partial charge in [0.2, 0.25) is 0 Å². The standard InChI is InChI=1S/C16H23FN2O2/c1-3-21-16(20)13-6-8-19(9-7-13)15-10-12(11-18-2)4-5-14(15)17/h4-5,10,13,18H,3,6-9,11H2,1-2H3. The third-order valence-corrected chi connectivity index (χ3v) is 3.85. The Balaban J connectivity index is 2.01. The van der Waals surface area contributed by atoms with Crippen molar-refractivity contribution < 1.29 is 13.9 Å². The van der Waals surface area contributed by atoms with Crippen molar-refractivity contribution in [2.75, 3.05) is 31.6 Å². The van der Waals surface area contributed by atoms with Gasteiger partial charge in [0.15, 0.2) is 0 Å². The molecule has 1 aliphatic rings. The largest absolute Gasteiger partial charge is 0.466 e. The number of esters is 1. The molecule has 0 spiro atoms. The Kier molecular flexibility index (Phi) is 5.56. The highest BCUT2D eigenvalue weighted by Crippen LogP contribution is 2.27. The second-order valence-electron chi connectivity index (χ2n) is 5.33. The van der Waals surface area contributed by atoms with Crippen LogP contribution in [0.15, 0.2) is 18.2 Å². The van der Waals surface area contributed by atoms with Crippen LogP contribution >= 0.6 is 0 Å². The van der Waals surface area contributed by atoms with Gasteiger partial charge in [0.25, 0.3) is 0 Å². The maximum Gasteiger partial charge on any atom is 0.309 e. The maximum atomic E-state index is 14.0. The first kappa shape index (κ1) is 15.8. The molecule has 1 aliphatic heterocycles. The van der Waals surface area contributed by atoms with Crippen molar-refractivity contribution >= 4 is 11.7 Å². The number of benzene rings is 1. The van der Waals surface area contributed by atoms with Crippen molar-refractivity contribution in [1.82, 2.24) is 5.32 Å². The molecular formula is C16H23FN2O2. The quantitative estimate of drug-likeness (QED) is 0.846. The van der Waals surface area contributed by atoms with Crippen LogP contribution in [-0.4, -0.2) is 32.7 Å². The molecular weight excluding hydrogens is 271 g/mol. The van der Waals surface area contributed by atoms with E-state index in [9.17, 15) is 9.18 Å². The lowest BCUT2D eigenvalue weighted by Gasteiger charge is -2.33. The molecule has 0 bridgehead atoms. The van der Waals surface area contributed by atoms with E-state index in [4.69, 9.17) is 4.74 Å². The van der Waals surface area contributed by atoms with E-state index in [2.05, 4.69) is 5.32 Å². The second kappa shape index (κ2) is 7.41. The molecule has 0 radical (unpaired) electrons. The van der Waals surface area contributed by atoms with Gasteiger partial charge in [-0.05, 0) is 44.5 Å². The SMILES string of the molecule is CCOC(=O)C1CCN(c2cc(CNC)ccc2F)CC1. The number of hydrogen-bond acceptors (Lipinski definition) is 4. The predicted molar refractivity (Wildman–Crippen MR) is 80.7 cm³/mol. The number of carbonyl (C=O) groups excluding carboxylic acids is 1. The van der Waals surface area contributed by atoms with Crippen LogP contribution in [0.2, 0.25) is 0 Å². The molecule has 1 aromatic rings. The molecule has 1 N–H and O–H groups in total. The molecule has 0 unspecified atom stereocenters. The van der Waals surface area contributed by atoms with Crippen LogP contribution in [0.4, 0.5) is 10.1 Å². The topological polar surface area (TPSA) is 41.6 Å². The summed E-state index contributed by atoms with van der Waals surface area (Å²) >= 11 is 0. The highest BCUT2D eigenvalue weighted by atomic mass is 19.1. The Labute approximate surface area is 125 Å². The summed E-state index contributed by atoms with van der Waals surface area (Å²) in [4.78, 5) is 13.7. The molecule has 1 fully saturated rings. The molecule has 1 saturated heterocycles. The number of anilines is 1. The molecule has 1 aromatic carbocycles. The predicted octanol–water partition coefficient (Wildman–Crippen LogP) is 2.32. The molecule has 0 amide bonds. The Morgan fingerprint density at radius 2 is 2.14 bits per heavy atom. The van der Waals surface area contributed by atoms with Gasteiger partial charge in [-0.15, -0.1) is 0 Å². The van der Waals surface area contributed by atoms with E-state index >= 15 is 0 Å². The highest BCUT2D eigenvalue weighted by Gasteiger charge is 2.27. The summed E-state index contributed by atoms with van der Waals surface area (Å²) in [5.41, 5.74) is 1.69. The Bertz CT molecular complexity index is 485. The molecule has 0 aromatic heterocycles. The van der Waals surface area contributed by atoms with Gasteiger partial charge in [0.05, 0.1) is 18.2 Å². The molecule has 2 rings (SSSR count). The summed E-state index contributed by atoms with van der Waals surface area (Å²) in [7, 11) is 1.87. The average molecular weight is 294 g/mol. The number of halogens is 1. The summed E-state index contributed by atoms with van der Waals surface area (Å²) in [5.74, 6) is -0.379. The second-order valence-corrected chi connectivity index (χ2v) is 5.33. The van der Waals surface area contributed by atoms with Crippen molar-refractivity contribution in [3.63, 3.8) is 0 Å².